The normalized spacial score (nSPS) is 9.89. The zero-order chi connectivity index (χ0) is 13.0. The monoisotopic (exact) mass is 306 g/mol. The number of aldehydes is 1. The van der Waals surface area contributed by atoms with Crippen molar-refractivity contribution < 1.29 is 14.3 Å². The smallest absolute Gasteiger partial charge is 0.153 e. The van der Waals surface area contributed by atoms with Crippen molar-refractivity contribution in [2.45, 2.75) is 0 Å². The summed E-state index contributed by atoms with van der Waals surface area (Å²) in [5.41, 5.74) is 0.493. The third kappa shape index (κ3) is 2.90. The molecule has 18 heavy (non-hydrogen) atoms. The van der Waals surface area contributed by atoms with Crippen molar-refractivity contribution in [1.82, 2.24) is 0 Å². The van der Waals surface area contributed by atoms with Gasteiger partial charge < -0.3 is 9.47 Å². The molecule has 0 fully saturated rings. The van der Waals surface area contributed by atoms with E-state index in [1.807, 2.05) is 18.2 Å². The van der Waals surface area contributed by atoms with Crippen LogP contribution >= 0.6 is 15.9 Å². The molecule has 0 aliphatic rings. The number of benzene rings is 2. The second-order valence-electron chi connectivity index (χ2n) is 3.58. The molecule has 92 valence electrons. The Kier molecular flexibility index (Phi) is 3.99. The van der Waals surface area contributed by atoms with E-state index < -0.39 is 0 Å². The Bertz CT molecular complexity index is 567. The molecule has 0 radical (unpaired) electrons. The van der Waals surface area contributed by atoms with E-state index in [2.05, 4.69) is 15.9 Å². The van der Waals surface area contributed by atoms with Gasteiger partial charge in [0.15, 0.2) is 6.29 Å². The minimum Gasteiger partial charge on any atom is -0.497 e. The second kappa shape index (κ2) is 5.69. The van der Waals surface area contributed by atoms with Gasteiger partial charge in [0, 0.05) is 10.5 Å². The molecule has 0 atom stereocenters. The molecule has 0 aliphatic carbocycles. The molecule has 0 saturated heterocycles. The van der Waals surface area contributed by atoms with Crippen molar-refractivity contribution in [2.24, 2.45) is 0 Å². The summed E-state index contributed by atoms with van der Waals surface area (Å²) in [6.45, 7) is 0. The van der Waals surface area contributed by atoms with E-state index in [1.54, 1.807) is 31.4 Å². The molecule has 3 nitrogen and oxygen atoms in total. The molecular formula is C14H11BrO3. The van der Waals surface area contributed by atoms with Gasteiger partial charge in [0.25, 0.3) is 0 Å². The maximum atomic E-state index is 11.0. The van der Waals surface area contributed by atoms with E-state index >= 15 is 0 Å². The second-order valence-corrected chi connectivity index (χ2v) is 4.50. The third-order valence-corrected chi connectivity index (χ3v) is 2.86. The van der Waals surface area contributed by atoms with Crippen molar-refractivity contribution in [1.29, 1.82) is 0 Å². The fourth-order valence-corrected chi connectivity index (χ4v) is 1.87. The average molecular weight is 307 g/mol. The van der Waals surface area contributed by atoms with E-state index in [9.17, 15) is 4.79 Å². The number of rotatable bonds is 4. The largest absolute Gasteiger partial charge is 0.497 e. The first-order valence-corrected chi connectivity index (χ1v) is 6.09. The lowest BCUT2D eigenvalue weighted by molar-refractivity contribution is 0.112. The summed E-state index contributed by atoms with van der Waals surface area (Å²) in [7, 11) is 1.59. The fraction of sp³-hybridized carbons (Fsp3) is 0.0714. The van der Waals surface area contributed by atoms with Gasteiger partial charge in [-0.25, -0.2) is 0 Å². The molecule has 2 rings (SSSR count). The number of carbonyl (C=O) groups excluding carboxylic acids is 1. The molecule has 0 aromatic heterocycles. The van der Waals surface area contributed by atoms with Crippen LogP contribution in [0.25, 0.3) is 0 Å². The van der Waals surface area contributed by atoms with Gasteiger partial charge in [0.05, 0.1) is 12.7 Å². The van der Waals surface area contributed by atoms with Gasteiger partial charge in [0.1, 0.15) is 17.2 Å². The van der Waals surface area contributed by atoms with Crippen molar-refractivity contribution in [3.63, 3.8) is 0 Å². The van der Waals surface area contributed by atoms with Gasteiger partial charge >= 0.3 is 0 Å². The molecule has 4 heteroatoms. The van der Waals surface area contributed by atoms with Crippen LogP contribution in [0.1, 0.15) is 10.4 Å². The zero-order valence-corrected chi connectivity index (χ0v) is 11.3. The van der Waals surface area contributed by atoms with Crippen LogP contribution in [-0.2, 0) is 0 Å². The summed E-state index contributed by atoms with van der Waals surface area (Å²) in [6.07, 6.45) is 0.764. The van der Waals surface area contributed by atoms with Gasteiger partial charge in [-0.15, -0.1) is 0 Å². The van der Waals surface area contributed by atoms with Crippen LogP contribution in [0.4, 0.5) is 0 Å². The lowest BCUT2D eigenvalue weighted by atomic mass is 10.2. The van der Waals surface area contributed by atoms with Crippen LogP contribution in [-0.4, -0.2) is 13.4 Å². The zero-order valence-electron chi connectivity index (χ0n) is 9.72. The van der Waals surface area contributed by atoms with Gasteiger partial charge in [0.2, 0.25) is 0 Å². The van der Waals surface area contributed by atoms with Crippen LogP contribution < -0.4 is 9.47 Å². The molecular weight excluding hydrogens is 296 g/mol. The summed E-state index contributed by atoms with van der Waals surface area (Å²) >= 11 is 3.31. The molecule has 0 saturated carbocycles. The van der Waals surface area contributed by atoms with Crippen molar-refractivity contribution >= 4 is 22.2 Å². The minimum atomic E-state index is 0.493. The molecule has 2 aromatic carbocycles. The summed E-state index contributed by atoms with van der Waals surface area (Å²) in [5.74, 6) is 1.85. The van der Waals surface area contributed by atoms with Crippen LogP contribution in [0.5, 0.6) is 17.2 Å². The van der Waals surface area contributed by atoms with Gasteiger partial charge in [-0.2, -0.15) is 0 Å². The molecule has 0 amide bonds. The van der Waals surface area contributed by atoms with E-state index in [4.69, 9.17) is 9.47 Å². The van der Waals surface area contributed by atoms with Gasteiger partial charge in [-0.05, 0) is 30.3 Å². The number of hydrogen-bond donors (Lipinski definition) is 0. The molecule has 0 heterocycles. The highest BCUT2D eigenvalue weighted by atomic mass is 79.9. The van der Waals surface area contributed by atoms with E-state index in [1.165, 1.54) is 0 Å². The van der Waals surface area contributed by atoms with Crippen molar-refractivity contribution in [3.05, 3.63) is 52.5 Å². The number of methoxy groups -OCH3 is 1. The SMILES string of the molecule is COc1cccc(Oc2ccc(Br)cc2C=O)c1. The van der Waals surface area contributed by atoms with E-state index in [-0.39, 0.29) is 0 Å². The Hall–Kier alpha value is -1.81. The summed E-state index contributed by atoms with van der Waals surface area (Å²) < 4.78 is 11.6. The first-order valence-electron chi connectivity index (χ1n) is 5.29. The highest BCUT2D eigenvalue weighted by molar-refractivity contribution is 9.10. The first-order chi connectivity index (χ1) is 8.72. The predicted molar refractivity (Wildman–Crippen MR) is 72.6 cm³/mol. The lowest BCUT2D eigenvalue weighted by Crippen LogP contribution is -1.91. The third-order valence-electron chi connectivity index (χ3n) is 2.37. The van der Waals surface area contributed by atoms with Crippen LogP contribution in [0.2, 0.25) is 0 Å². The van der Waals surface area contributed by atoms with Crippen molar-refractivity contribution in [3.8, 4) is 17.2 Å². The van der Waals surface area contributed by atoms with Gasteiger partial charge in [-0.1, -0.05) is 22.0 Å². The first kappa shape index (κ1) is 12.6. The van der Waals surface area contributed by atoms with Crippen LogP contribution in [0.3, 0.4) is 0 Å². The Balaban J connectivity index is 2.30. The predicted octanol–water partition coefficient (Wildman–Crippen LogP) is 4.06. The summed E-state index contributed by atoms with van der Waals surface area (Å²) in [6, 6.07) is 12.5. The minimum absolute atomic E-state index is 0.493. The highest BCUT2D eigenvalue weighted by Crippen LogP contribution is 2.28. The van der Waals surface area contributed by atoms with Gasteiger partial charge in [-0.3, -0.25) is 4.79 Å². The Morgan fingerprint density at radius 1 is 1.11 bits per heavy atom. The topological polar surface area (TPSA) is 35.5 Å². The molecule has 2 aromatic rings. The molecule has 0 N–H and O–H groups in total. The number of hydrogen-bond acceptors (Lipinski definition) is 3. The fourth-order valence-electron chi connectivity index (χ4n) is 1.50. The highest BCUT2D eigenvalue weighted by Gasteiger charge is 2.05. The molecule has 0 bridgehead atoms. The maximum Gasteiger partial charge on any atom is 0.153 e. The Morgan fingerprint density at radius 2 is 1.89 bits per heavy atom. The number of carbonyl (C=O) groups is 1. The van der Waals surface area contributed by atoms with E-state index in [0.717, 1.165) is 10.8 Å². The quantitative estimate of drug-likeness (QED) is 0.799. The lowest BCUT2D eigenvalue weighted by Gasteiger charge is -2.09. The average Bonchev–Trinajstić information content (AvgIpc) is 2.41. The number of ether oxygens (including phenoxy) is 2. The molecule has 0 spiro atoms. The standard InChI is InChI=1S/C14H11BrO3/c1-17-12-3-2-4-13(8-12)18-14-6-5-11(15)7-10(14)9-16/h2-9H,1H3. The number of halogens is 1. The van der Waals surface area contributed by atoms with E-state index in [0.29, 0.717) is 22.8 Å². The van der Waals surface area contributed by atoms with Crippen molar-refractivity contribution in [2.75, 3.05) is 7.11 Å². The molecule has 0 unspecified atom stereocenters. The van der Waals surface area contributed by atoms with Crippen LogP contribution in [0, 0.1) is 0 Å². The Morgan fingerprint density at radius 3 is 2.61 bits per heavy atom. The summed E-state index contributed by atoms with van der Waals surface area (Å²) in [4.78, 5) is 11.0. The summed E-state index contributed by atoms with van der Waals surface area (Å²) in [5, 5.41) is 0. The van der Waals surface area contributed by atoms with Crippen LogP contribution in [0.15, 0.2) is 46.9 Å². The maximum absolute atomic E-state index is 11.0. The Labute approximate surface area is 113 Å². The molecule has 0 aliphatic heterocycles.